The second-order valence-corrected chi connectivity index (χ2v) is 3.81. The van der Waals surface area contributed by atoms with Gasteiger partial charge in [0.05, 0.1) is 13.2 Å². The molecule has 1 atom stereocenters. The quantitative estimate of drug-likeness (QED) is 0.596. The first-order valence-electron chi connectivity index (χ1n) is 5.46. The van der Waals surface area contributed by atoms with Crippen molar-refractivity contribution in [3.8, 4) is 0 Å². The van der Waals surface area contributed by atoms with Gasteiger partial charge in [-0.15, -0.1) is 0 Å². The van der Waals surface area contributed by atoms with E-state index >= 15 is 0 Å². The van der Waals surface area contributed by atoms with E-state index in [2.05, 4.69) is 0 Å². The van der Waals surface area contributed by atoms with Crippen molar-refractivity contribution in [2.45, 2.75) is 12.5 Å². The summed E-state index contributed by atoms with van der Waals surface area (Å²) in [5, 5.41) is 0. The summed E-state index contributed by atoms with van der Waals surface area (Å²) >= 11 is 0. The van der Waals surface area contributed by atoms with Crippen molar-refractivity contribution < 1.29 is 18.7 Å². The van der Waals surface area contributed by atoms with Crippen LogP contribution in [0.3, 0.4) is 0 Å². The Morgan fingerprint density at radius 2 is 2.18 bits per heavy atom. The Hall–Kier alpha value is -1.68. The molecule has 1 aliphatic rings. The summed E-state index contributed by atoms with van der Waals surface area (Å²) in [7, 11) is 0. The zero-order valence-electron chi connectivity index (χ0n) is 9.27. The maximum atomic E-state index is 12.6. The van der Waals surface area contributed by atoms with Crippen molar-refractivity contribution in [3.63, 3.8) is 0 Å². The van der Waals surface area contributed by atoms with Gasteiger partial charge in [-0.1, -0.05) is 12.1 Å². The van der Waals surface area contributed by atoms with Crippen molar-refractivity contribution in [2.75, 3.05) is 13.2 Å². The van der Waals surface area contributed by atoms with Crippen molar-refractivity contribution in [2.24, 2.45) is 0 Å². The third-order valence-electron chi connectivity index (χ3n) is 2.45. The smallest absolute Gasteiger partial charge is 0.331 e. The molecule has 0 bridgehead atoms. The molecule has 0 unspecified atom stereocenters. The number of carbonyl (C=O) groups is 1. The highest BCUT2D eigenvalue weighted by Crippen LogP contribution is 2.09. The second kappa shape index (κ2) is 5.59. The molecule has 3 nitrogen and oxygen atoms in total. The minimum atomic E-state index is -0.398. The summed E-state index contributed by atoms with van der Waals surface area (Å²) in [5.74, 6) is -0.697. The van der Waals surface area contributed by atoms with Crippen LogP contribution >= 0.6 is 0 Å². The molecule has 1 heterocycles. The molecule has 1 aromatic rings. The molecule has 0 spiro atoms. The molecule has 2 rings (SSSR count). The maximum Gasteiger partial charge on any atom is 0.331 e. The van der Waals surface area contributed by atoms with Crippen LogP contribution in [0, 0.1) is 5.82 Å². The van der Waals surface area contributed by atoms with E-state index in [0.717, 1.165) is 12.0 Å². The van der Waals surface area contributed by atoms with E-state index in [0.29, 0.717) is 13.2 Å². The molecule has 0 saturated carbocycles. The van der Waals surface area contributed by atoms with Crippen molar-refractivity contribution in [3.05, 3.63) is 41.7 Å². The fourth-order valence-corrected chi connectivity index (χ4v) is 1.55. The summed E-state index contributed by atoms with van der Waals surface area (Å²) in [4.78, 5) is 11.4. The maximum absolute atomic E-state index is 12.6. The van der Waals surface area contributed by atoms with Gasteiger partial charge in [-0.25, -0.2) is 9.18 Å². The minimum Gasteiger partial charge on any atom is -0.457 e. The highest BCUT2D eigenvalue weighted by molar-refractivity contribution is 5.87. The van der Waals surface area contributed by atoms with Crippen LogP contribution in [0.2, 0.25) is 0 Å². The van der Waals surface area contributed by atoms with Crippen LogP contribution < -0.4 is 0 Å². The average molecular weight is 236 g/mol. The molecule has 90 valence electrons. The van der Waals surface area contributed by atoms with Gasteiger partial charge in [-0.05, 0) is 23.8 Å². The topological polar surface area (TPSA) is 35.5 Å². The Morgan fingerprint density at radius 3 is 2.82 bits per heavy atom. The number of ether oxygens (including phenoxy) is 2. The Bertz CT molecular complexity index is 405. The van der Waals surface area contributed by atoms with Crippen LogP contribution in [0.1, 0.15) is 12.0 Å². The van der Waals surface area contributed by atoms with Gasteiger partial charge in [0.1, 0.15) is 11.9 Å². The number of esters is 1. The summed E-state index contributed by atoms with van der Waals surface area (Å²) in [6.07, 6.45) is 3.54. The van der Waals surface area contributed by atoms with Gasteiger partial charge in [0.15, 0.2) is 0 Å². The third kappa shape index (κ3) is 3.67. The van der Waals surface area contributed by atoms with Crippen LogP contribution in [0.25, 0.3) is 6.08 Å². The summed E-state index contributed by atoms with van der Waals surface area (Å²) < 4.78 is 22.8. The highest BCUT2D eigenvalue weighted by atomic mass is 19.1. The predicted octanol–water partition coefficient (Wildman–Crippen LogP) is 2.17. The van der Waals surface area contributed by atoms with E-state index in [4.69, 9.17) is 9.47 Å². The number of halogens is 1. The number of benzene rings is 1. The Labute approximate surface area is 98.8 Å². The third-order valence-corrected chi connectivity index (χ3v) is 2.45. The number of hydrogen-bond acceptors (Lipinski definition) is 3. The second-order valence-electron chi connectivity index (χ2n) is 3.81. The van der Waals surface area contributed by atoms with E-state index in [9.17, 15) is 9.18 Å². The molecule has 0 aromatic heterocycles. The molecular formula is C13H13FO3. The fraction of sp³-hybridized carbons (Fsp3) is 0.308. The van der Waals surface area contributed by atoms with Gasteiger partial charge in [0, 0.05) is 12.5 Å². The number of rotatable bonds is 3. The van der Waals surface area contributed by atoms with Gasteiger partial charge < -0.3 is 9.47 Å². The normalized spacial score (nSPS) is 19.7. The van der Waals surface area contributed by atoms with Crippen LogP contribution in [0.15, 0.2) is 30.3 Å². The standard InChI is InChI=1S/C13H13FO3/c14-11-4-1-10(2-5-11)3-6-13(15)17-12-7-8-16-9-12/h1-6,12H,7-9H2/b6-3+/t12-/m1/s1. The van der Waals surface area contributed by atoms with Crippen molar-refractivity contribution in [1.29, 1.82) is 0 Å². The minimum absolute atomic E-state index is 0.139. The number of carbonyl (C=O) groups excluding carboxylic acids is 1. The molecule has 0 radical (unpaired) electrons. The van der Waals surface area contributed by atoms with E-state index in [1.54, 1.807) is 18.2 Å². The molecule has 1 aliphatic heterocycles. The SMILES string of the molecule is O=C(/C=C/c1ccc(F)cc1)O[C@@H]1CCOC1. The van der Waals surface area contributed by atoms with E-state index in [1.165, 1.54) is 18.2 Å². The van der Waals surface area contributed by atoms with E-state index in [1.807, 2.05) is 0 Å². The van der Waals surface area contributed by atoms with E-state index in [-0.39, 0.29) is 11.9 Å². The molecule has 0 aliphatic carbocycles. The van der Waals surface area contributed by atoms with Crippen molar-refractivity contribution >= 4 is 12.0 Å². The molecule has 4 heteroatoms. The zero-order chi connectivity index (χ0) is 12.1. The fourth-order valence-electron chi connectivity index (χ4n) is 1.55. The first-order valence-corrected chi connectivity index (χ1v) is 5.46. The van der Waals surface area contributed by atoms with Crippen LogP contribution in [0.5, 0.6) is 0 Å². The van der Waals surface area contributed by atoms with Crippen LogP contribution in [-0.2, 0) is 14.3 Å². The molecule has 0 N–H and O–H groups in total. The number of hydrogen-bond donors (Lipinski definition) is 0. The first-order chi connectivity index (χ1) is 8.24. The lowest BCUT2D eigenvalue weighted by molar-refractivity contribution is -0.142. The van der Waals surface area contributed by atoms with Crippen LogP contribution in [0.4, 0.5) is 4.39 Å². The van der Waals surface area contributed by atoms with Crippen molar-refractivity contribution in [1.82, 2.24) is 0 Å². The Kier molecular flexibility index (Phi) is 3.88. The van der Waals surface area contributed by atoms with Crippen LogP contribution in [-0.4, -0.2) is 25.3 Å². The lowest BCUT2D eigenvalue weighted by atomic mass is 10.2. The van der Waals surface area contributed by atoms with Gasteiger partial charge in [0.25, 0.3) is 0 Å². The predicted molar refractivity (Wildman–Crippen MR) is 60.8 cm³/mol. The van der Waals surface area contributed by atoms with Gasteiger partial charge in [-0.2, -0.15) is 0 Å². The van der Waals surface area contributed by atoms with E-state index < -0.39 is 5.97 Å². The molecular weight excluding hydrogens is 223 g/mol. The molecule has 1 saturated heterocycles. The molecule has 0 amide bonds. The first kappa shape index (κ1) is 11.8. The largest absolute Gasteiger partial charge is 0.457 e. The molecule has 1 fully saturated rings. The monoisotopic (exact) mass is 236 g/mol. The zero-order valence-corrected chi connectivity index (χ0v) is 9.27. The summed E-state index contributed by atoms with van der Waals surface area (Å²) in [6, 6.07) is 5.88. The Balaban J connectivity index is 1.86. The molecule has 1 aromatic carbocycles. The lowest BCUT2D eigenvalue weighted by Gasteiger charge is -2.06. The van der Waals surface area contributed by atoms with Gasteiger partial charge in [-0.3, -0.25) is 0 Å². The average Bonchev–Trinajstić information content (AvgIpc) is 2.81. The Morgan fingerprint density at radius 1 is 1.41 bits per heavy atom. The summed E-state index contributed by atoms with van der Waals surface area (Å²) in [5.41, 5.74) is 0.756. The highest BCUT2D eigenvalue weighted by Gasteiger charge is 2.18. The lowest BCUT2D eigenvalue weighted by Crippen LogP contribution is -2.16. The molecule has 17 heavy (non-hydrogen) atoms. The summed E-state index contributed by atoms with van der Waals surface area (Å²) in [6.45, 7) is 1.11. The van der Waals surface area contributed by atoms with Gasteiger partial charge >= 0.3 is 5.97 Å². The van der Waals surface area contributed by atoms with Gasteiger partial charge in [0.2, 0.25) is 0 Å².